The van der Waals surface area contributed by atoms with Crippen molar-refractivity contribution in [3.05, 3.63) is 79.8 Å². The molecule has 0 amide bonds. The molecule has 4 aromatic rings. The predicted octanol–water partition coefficient (Wildman–Crippen LogP) is 5.52. The molecule has 2 heterocycles. The average molecular weight is 465 g/mol. The number of para-hydroxylation sites is 1. The van der Waals surface area contributed by atoms with Crippen LogP contribution < -0.4 is 5.56 Å². The molecule has 2 aromatic carbocycles. The molecule has 0 atom stereocenters. The Morgan fingerprint density at radius 3 is 2.50 bits per heavy atom. The Bertz CT molecular complexity index is 1230. The summed E-state index contributed by atoms with van der Waals surface area (Å²) in [7, 11) is 0. The quantitative estimate of drug-likeness (QED) is 0.296. The van der Waals surface area contributed by atoms with Gasteiger partial charge < -0.3 is 0 Å². The molecule has 0 N–H and O–H groups in total. The number of benzene rings is 2. The van der Waals surface area contributed by atoms with Gasteiger partial charge in [0.1, 0.15) is 10.5 Å². The highest BCUT2D eigenvalue weighted by Crippen LogP contribution is 2.26. The fourth-order valence-electron chi connectivity index (χ4n) is 2.77. The van der Waals surface area contributed by atoms with E-state index in [2.05, 4.69) is 15.9 Å². The summed E-state index contributed by atoms with van der Waals surface area (Å²) in [5.74, 6) is 0.609. The van der Waals surface area contributed by atoms with Crippen molar-refractivity contribution >= 4 is 61.4 Å². The van der Waals surface area contributed by atoms with Gasteiger partial charge in [0.15, 0.2) is 9.60 Å². The van der Waals surface area contributed by atoms with Gasteiger partial charge in [0, 0.05) is 5.02 Å². The lowest BCUT2D eigenvalue weighted by molar-refractivity contribution is 0.878. The normalized spacial score (nSPS) is 11.2. The number of rotatable bonds is 3. The Hall–Kier alpha value is -1.80. The van der Waals surface area contributed by atoms with E-state index in [1.54, 1.807) is 15.2 Å². The summed E-state index contributed by atoms with van der Waals surface area (Å²) >= 11 is 16.3. The molecule has 0 bridgehead atoms. The van der Waals surface area contributed by atoms with E-state index < -0.39 is 0 Å². The maximum absolute atomic E-state index is 13.2. The number of hydrogen-bond acceptors (Lipinski definition) is 4. The van der Waals surface area contributed by atoms with Crippen LogP contribution in [-0.2, 0) is 5.33 Å². The number of nitrogens with zero attached hydrogens (tertiary/aromatic N) is 3. The number of hydrogen-bond donors (Lipinski definition) is 0. The molecule has 0 radical (unpaired) electrons. The minimum Gasteiger partial charge on any atom is -0.275 e. The predicted molar refractivity (Wildman–Crippen MR) is 113 cm³/mol. The third-order valence-electron chi connectivity index (χ3n) is 3.88. The van der Waals surface area contributed by atoms with E-state index in [9.17, 15) is 4.79 Å². The Balaban J connectivity index is 2.08. The number of thiazole rings is 1. The van der Waals surface area contributed by atoms with Gasteiger partial charge in [0.25, 0.3) is 5.56 Å². The summed E-state index contributed by atoms with van der Waals surface area (Å²) in [5.41, 5.74) is 1.98. The van der Waals surface area contributed by atoms with E-state index in [1.807, 2.05) is 48.5 Å². The third-order valence-corrected chi connectivity index (χ3v) is 5.97. The fraction of sp³-hybridized carbons (Fsp3) is 0.0556. The Kier molecular flexibility index (Phi) is 4.79. The van der Waals surface area contributed by atoms with Crippen LogP contribution in [-0.4, -0.2) is 14.1 Å². The van der Waals surface area contributed by atoms with Crippen LogP contribution in [0, 0.1) is 3.95 Å². The molecule has 0 aliphatic rings. The third kappa shape index (κ3) is 2.95. The van der Waals surface area contributed by atoms with Gasteiger partial charge in [-0.05, 0) is 42.5 Å². The first-order valence-corrected chi connectivity index (χ1v) is 10.4. The highest BCUT2D eigenvalue weighted by molar-refractivity contribution is 9.08. The fourth-order valence-corrected chi connectivity index (χ4v) is 4.64. The largest absolute Gasteiger partial charge is 0.277 e. The van der Waals surface area contributed by atoms with Gasteiger partial charge in [0.2, 0.25) is 0 Å². The lowest BCUT2D eigenvalue weighted by atomic mass is 10.3. The zero-order valence-corrected chi connectivity index (χ0v) is 17.2. The molecule has 0 spiro atoms. The molecule has 26 heavy (non-hydrogen) atoms. The molecule has 130 valence electrons. The van der Waals surface area contributed by atoms with Gasteiger partial charge in [-0.1, -0.05) is 63.1 Å². The van der Waals surface area contributed by atoms with E-state index in [-0.39, 0.29) is 5.56 Å². The van der Waals surface area contributed by atoms with E-state index in [4.69, 9.17) is 28.8 Å². The molecule has 2 aromatic heterocycles. The van der Waals surface area contributed by atoms with Crippen molar-refractivity contribution in [1.82, 2.24) is 14.1 Å². The van der Waals surface area contributed by atoms with Crippen molar-refractivity contribution in [3.63, 3.8) is 0 Å². The molecule has 0 unspecified atom stereocenters. The van der Waals surface area contributed by atoms with Crippen LogP contribution in [0.15, 0.2) is 59.4 Å². The van der Waals surface area contributed by atoms with Crippen molar-refractivity contribution in [3.8, 4) is 11.4 Å². The van der Waals surface area contributed by atoms with Crippen LogP contribution in [0.4, 0.5) is 0 Å². The zero-order chi connectivity index (χ0) is 18.3. The van der Waals surface area contributed by atoms with Crippen molar-refractivity contribution in [2.24, 2.45) is 0 Å². The summed E-state index contributed by atoms with van der Waals surface area (Å²) in [6.45, 7) is 0. The van der Waals surface area contributed by atoms with Crippen LogP contribution in [0.3, 0.4) is 0 Å². The first-order chi connectivity index (χ1) is 12.6. The molecule has 0 saturated heterocycles. The average Bonchev–Trinajstić information content (AvgIpc) is 2.98. The molecular formula is C18H11BrClN3OS2. The standard InChI is InChI=1S/C18H11BrClN3OS2/c19-10-14-21-16-15(17(24)22(14)12-6-2-1-3-7-12)26-18(25)23(16)13-8-4-5-11(20)9-13/h1-9H,10H2. The summed E-state index contributed by atoms with van der Waals surface area (Å²) in [5, 5.41) is 1.03. The maximum atomic E-state index is 13.2. The molecular weight excluding hydrogens is 454 g/mol. The second kappa shape index (κ2) is 7.08. The second-order valence-corrected chi connectivity index (χ2v) is 8.12. The Morgan fingerprint density at radius 2 is 1.81 bits per heavy atom. The molecule has 0 fully saturated rings. The summed E-state index contributed by atoms with van der Waals surface area (Å²) in [6, 6.07) is 16.8. The molecule has 0 aliphatic heterocycles. The molecule has 4 nitrogen and oxygen atoms in total. The van der Waals surface area contributed by atoms with Crippen LogP contribution in [0.5, 0.6) is 0 Å². The van der Waals surface area contributed by atoms with Gasteiger partial charge in [-0.25, -0.2) is 4.98 Å². The molecule has 8 heteroatoms. The van der Waals surface area contributed by atoms with Crippen molar-refractivity contribution in [2.75, 3.05) is 0 Å². The number of fused-ring (bicyclic) bond motifs is 1. The minimum absolute atomic E-state index is 0.132. The lowest BCUT2D eigenvalue weighted by Crippen LogP contribution is -2.23. The summed E-state index contributed by atoms with van der Waals surface area (Å²) < 4.78 is 4.48. The van der Waals surface area contributed by atoms with E-state index in [1.165, 1.54) is 11.3 Å². The second-order valence-electron chi connectivity index (χ2n) is 5.47. The smallest absolute Gasteiger partial charge is 0.275 e. The van der Waals surface area contributed by atoms with Gasteiger partial charge in [-0.2, -0.15) is 0 Å². The minimum atomic E-state index is -0.132. The number of alkyl halides is 1. The molecule has 0 aliphatic carbocycles. The van der Waals surface area contributed by atoms with Gasteiger partial charge in [-0.3, -0.25) is 13.9 Å². The molecule has 0 saturated carbocycles. The van der Waals surface area contributed by atoms with Crippen LogP contribution in [0.25, 0.3) is 21.7 Å². The van der Waals surface area contributed by atoms with Crippen molar-refractivity contribution < 1.29 is 0 Å². The first kappa shape index (κ1) is 17.6. The van der Waals surface area contributed by atoms with E-state index >= 15 is 0 Å². The van der Waals surface area contributed by atoms with Gasteiger partial charge in [0.05, 0.1) is 16.7 Å². The van der Waals surface area contributed by atoms with Crippen LogP contribution >= 0.6 is 51.1 Å². The first-order valence-electron chi connectivity index (χ1n) is 7.65. The number of halogens is 2. The monoisotopic (exact) mass is 463 g/mol. The summed E-state index contributed by atoms with van der Waals surface area (Å²) in [6.07, 6.45) is 0. The van der Waals surface area contributed by atoms with Crippen LogP contribution in [0.2, 0.25) is 5.02 Å². The molecule has 4 rings (SSSR count). The topological polar surface area (TPSA) is 39.8 Å². The maximum Gasteiger partial charge on any atom is 0.277 e. The number of aromatic nitrogens is 3. The highest BCUT2D eigenvalue weighted by Gasteiger charge is 2.18. The van der Waals surface area contributed by atoms with Gasteiger partial charge in [-0.15, -0.1) is 0 Å². The Morgan fingerprint density at radius 1 is 1.08 bits per heavy atom. The van der Waals surface area contributed by atoms with Gasteiger partial charge >= 0.3 is 0 Å². The zero-order valence-electron chi connectivity index (χ0n) is 13.2. The highest BCUT2D eigenvalue weighted by atomic mass is 79.9. The SMILES string of the molecule is O=c1c2sc(=S)n(-c3cccc(Cl)c3)c2nc(CBr)n1-c1ccccc1. The Labute approximate surface area is 171 Å². The van der Waals surface area contributed by atoms with E-state index in [0.717, 1.165) is 11.4 Å². The van der Waals surface area contributed by atoms with Crippen molar-refractivity contribution in [2.45, 2.75) is 5.33 Å². The van der Waals surface area contributed by atoms with Crippen LogP contribution in [0.1, 0.15) is 5.82 Å². The summed E-state index contributed by atoms with van der Waals surface area (Å²) in [4.78, 5) is 17.9. The van der Waals surface area contributed by atoms with E-state index in [0.29, 0.717) is 30.5 Å². The lowest BCUT2D eigenvalue weighted by Gasteiger charge is -2.11. The van der Waals surface area contributed by atoms with Crippen molar-refractivity contribution in [1.29, 1.82) is 0 Å².